The molecule has 1 saturated heterocycles. The van der Waals surface area contributed by atoms with Crippen LogP contribution in [-0.2, 0) is 6.54 Å². The third-order valence-corrected chi connectivity index (χ3v) is 6.82. The van der Waals surface area contributed by atoms with Gasteiger partial charge in [0.05, 0.1) is 21.2 Å². The highest BCUT2D eigenvalue weighted by Gasteiger charge is 2.27. The molecule has 1 aliphatic heterocycles. The minimum Gasteiger partial charge on any atom is -0.366 e. The number of halogens is 2. The summed E-state index contributed by atoms with van der Waals surface area (Å²) in [4.78, 5) is 32.1. The lowest BCUT2D eigenvalue weighted by Gasteiger charge is -2.37. The largest absolute Gasteiger partial charge is 0.366 e. The molecule has 0 unspecified atom stereocenters. The van der Waals surface area contributed by atoms with E-state index in [-0.39, 0.29) is 17.0 Å². The molecule has 9 heteroatoms. The van der Waals surface area contributed by atoms with Gasteiger partial charge in [-0.3, -0.25) is 9.59 Å². The minimum absolute atomic E-state index is 0.123. The number of benzene rings is 2. The molecule has 0 spiro atoms. The lowest BCUT2D eigenvalue weighted by molar-refractivity contribution is 0.0747. The molecular weight excluding hydrogens is 473 g/mol. The van der Waals surface area contributed by atoms with Gasteiger partial charge in [-0.25, -0.2) is 0 Å². The lowest BCUT2D eigenvalue weighted by Crippen LogP contribution is -2.49. The zero-order valence-electron chi connectivity index (χ0n) is 19.1. The van der Waals surface area contributed by atoms with Crippen LogP contribution in [0.2, 0.25) is 10.0 Å². The van der Waals surface area contributed by atoms with Crippen LogP contribution in [0.15, 0.2) is 47.3 Å². The van der Waals surface area contributed by atoms with Crippen molar-refractivity contribution in [3.8, 4) is 6.07 Å². The summed E-state index contributed by atoms with van der Waals surface area (Å²) in [5, 5.41) is 11.5. The van der Waals surface area contributed by atoms with Gasteiger partial charge < -0.3 is 19.3 Å². The summed E-state index contributed by atoms with van der Waals surface area (Å²) in [6, 6.07) is 14.7. The van der Waals surface area contributed by atoms with E-state index in [0.717, 1.165) is 10.9 Å². The number of aromatic nitrogens is 1. The van der Waals surface area contributed by atoms with Gasteiger partial charge in [0.1, 0.15) is 11.6 Å². The van der Waals surface area contributed by atoms with E-state index >= 15 is 0 Å². The molecule has 3 aromatic rings. The van der Waals surface area contributed by atoms with E-state index in [0.29, 0.717) is 60.6 Å². The van der Waals surface area contributed by atoms with Crippen LogP contribution < -0.4 is 10.5 Å². The molecule has 176 valence electrons. The van der Waals surface area contributed by atoms with Crippen molar-refractivity contribution < 1.29 is 4.79 Å². The molecule has 0 bridgehead atoms. The Balaban J connectivity index is 1.64. The number of nitriles is 1. The highest BCUT2D eigenvalue weighted by molar-refractivity contribution is 6.42. The Morgan fingerprint density at radius 2 is 1.76 bits per heavy atom. The van der Waals surface area contributed by atoms with Gasteiger partial charge in [0.15, 0.2) is 0 Å². The Labute approximate surface area is 208 Å². The monoisotopic (exact) mass is 497 g/mol. The molecule has 2 heterocycles. The molecule has 1 aromatic heterocycles. The molecule has 0 atom stereocenters. The van der Waals surface area contributed by atoms with Crippen LogP contribution in [0.4, 0.5) is 5.69 Å². The summed E-state index contributed by atoms with van der Waals surface area (Å²) in [7, 11) is 3.90. The fourth-order valence-corrected chi connectivity index (χ4v) is 4.58. The molecule has 0 N–H and O–H groups in total. The number of likely N-dealkylation sites (N-methyl/N-ethyl adjacent to an activating group) is 1. The van der Waals surface area contributed by atoms with Crippen LogP contribution in [-0.4, -0.2) is 67.1 Å². The summed E-state index contributed by atoms with van der Waals surface area (Å²) >= 11 is 12.1. The van der Waals surface area contributed by atoms with Crippen molar-refractivity contribution in [1.29, 1.82) is 5.26 Å². The van der Waals surface area contributed by atoms with Crippen molar-refractivity contribution in [3.63, 3.8) is 0 Å². The fourth-order valence-electron chi connectivity index (χ4n) is 4.29. The maximum atomic E-state index is 13.3. The standard InChI is InChI=1S/C25H25Cl2N5O2/c1-29(2)9-14-32-22-6-4-3-5-18(22)23(19(16-28)25(32)34)30-10-12-31(13-11-30)24(33)17-7-8-20(26)21(27)15-17/h3-8,15H,9-14H2,1-2H3. The van der Waals surface area contributed by atoms with Gasteiger partial charge in [-0.15, -0.1) is 0 Å². The minimum atomic E-state index is -0.285. The van der Waals surface area contributed by atoms with Crippen LogP contribution >= 0.6 is 23.2 Å². The molecule has 0 aliphatic carbocycles. The third-order valence-electron chi connectivity index (χ3n) is 6.08. The number of amides is 1. The lowest BCUT2D eigenvalue weighted by atomic mass is 10.1. The quantitative estimate of drug-likeness (QED) is 0.537. The first-order valence-electron chi connectivity index (χ1n) is 11.0. The molecular formula is C25H25Cl2N5O2. The second-order valence-corrected chi connectivity index (χ2v) is 9.34. The van der Waals surface area contributed by atoms with Crippen molar-refractivity contribution in [2.45, 2.75) is 6.54 Å². The van der Waals surface area contributed by atoms with E-state index in [1.54, 1.807) is 27.7 Å². The number of fused-ring (bicyclic) bond motifs is 1. The number of hydrogen-bond donors (Lipinski definition) is 0. The van der Waals surface area contributed by atoms with Gasteiger partial charge in [0.2, 0.25) is 0 Å². The van der Waals surface area contributed by atoms with Gasteiger partial charge in [-0.1, -0.05) is 41.4 Å². The summed E-state index contributed by atoms with van der Waals surface area (Å²) in [5.41, 5.74) is 1.78. The van der Waals surface area contributed by atoms with Crippen LogP contribution in [0.5, 0.6) is 0 Å². The van der Waals surface area contributed by atoms with E-state index < -0.39 is 0 Å². The fraction of sp³-hybridized carbons (Fsp3) is 0.320. The molecule has 0 radical (unpaired) electrons. The van der Waals surface area contributed by atoms with Gasteiger partial charge in [0, 0.05) is 50.2 Å². The van der Waals surface area contributed by atoms with Crippen molar-refractivity contribution in [1.82, 2.24) is 14.4 Å². The van der Waals surface area contributed by atoms with Crippen LogP contribution in [0.1, 0.15) is 15.9 Å². The van der Waals surface area contributed by atoms with E-state index in [2.05, 4.69) is 6.07 Å². The first-order valence-corrected chi connectivity index (χ1v) is 11.8. The van der Waals surface area contributed by atoms with Gasteiger partial charge in [-0.05, 0) is 38.4 Å². The predicted molar refractivity (Wildman–Crippen MR) is 136 cm³/mol. The number of piperazine rings is 1. The van der Waals surface area contributed by atoms with E-state index in [9.17, 15) is 14.9 Å². The number of pyridine rings is 1. The van der Waals surface area contributed by atoms with E-state index in [4.69, 9.17) is 23.2 Å². The average Bonchev–Trinajstić information content (AvgIpc) is 2.84. The number of carbonyl (C=O) groups excluding carboxylic acids is 1. The Hall–Kier alpha value is -3.05. The number of para-hydroxylation sites is 1. The molecule has 7 nitrogen and oxygen atoms in total. The molecule has 1 aliphatic rings. The van der Waals surface area contributed by atoms with Crippen LogP contribution in [0.25, 0.3) is 10.9 Å². The SMILES string of the molecule is CN(C)CCn1c(=O)c(C#N)c(N2CCN(C(=O)c3ccc(Cl)c(Cl)c3)CC2)c2ccccc21. The predicted octanol–water partition coefficient (Wildman–Crippen LogP) is 3.70. The molecule has 1 amide bonds. The molecule has 4 rings (SSSR count). The van der Waals surface area contributed by atoms with Crippen molar-refractivity contribution in [3.05, 3.63) is 74.0 Å². The van der Waals surface area contributed by atoms with E-state index in [1.807, 2.05) is 48.2 Å². The highest BCUT2D eigenvalue weighted by atomic mass is 35.5. The maximum Gasteiger partial charge on any atom is 0.271 e. The Bertz CT molecular complexity index is 1340. The summed E-state index contributed by atoms with van der Waals surface area (Å²) in [6.07, 6.45) is 0. The van der Waals surface area contributed by atoms with Crippen LogP contribution in [0.3, 0.4) is 0 Å². The first kappa shape index (κ1) is 24.1. The second-order valence-electron chi connectivity index (χ2n) is 8.52. The zero-order chi connectivity index (χ0) is 24.4. The highest BCUT2D eigenvalue weighted by Crippen LogP contribution is 2.30. The topological polar surface area (TPSA) is 72.6 Å². The van der Waals surface area contributed by atoms with Gasteiger partial charge in [0.25, 0.3) is 11.5 Å². The van der Waals surface area contributed by atoms with Crippen molar-refractivity contribution in [2.75, 3.05) is 51.7 Å². The van der Waals surface area contributed by atoms with E-state index in [1.165, 1.54) is 0 Å². The number of carbonyl (C=O) groups is 1. The Kier molecular flexibility index (Phi) is 7.13. The molecule has 34 heavy (non-hydrogen) atoms. The first-order chi connectivity index (χ1) is 16.3. The Morgan fingerprint density at radius 1 is 1.06 bits per heavy atom. The number of nitrogens with zero attached hydrogens (tertiary/aromatic N) is 5. The second kappa shape index (κ2) is 10.1. The molecule has 1 fully saturated rings. The number of rotatable bonds is 5. The molecule has 2 aromatic carbocycles. The number of hydrogen-bond acceptors (Lipinski definition) is 5. The summed E-state index contributed by atoms with van der Waals surface area (Å²) in [5.74, 6) is -0.123. The smallest absolute Gasteiger partial charge is 0.271 e. The molecule has 0 saturated carbocycles. The number of anilines is 1. The maximum absolute atomic E-state index is 13.3. The van der Waals surface area contributed by atoms with Crippen molar-refractivity contribution >= 4 is 45.7 Å². The summed E-state index contributed by atoms with van der Waals surface area (Å²) in [6.45, 7) is 3.11. The average molecular weight is 498 g/mol. The zero-order valence-corrected chi connectivity index (χ0v) is 20.6. The normalized spacial score (nSPS) is 14.0. The van der Waals surface area contributed by atoms with Crippen LogP contribution in [0, 0.1) is 11.3 Å². The van der Waals surface area contributed by atoms with Crippen molar-refractivity contribution in [2.24, 2.45) is 0 Å². The summed E-state index contributed by atoms with van der Waals surface area (Å²) < 4.78 is 1.68. The third kappa shape index (κ3) is 4.62. The Morgan fingerprint density at radius 3 is 2.41 bits per heavy atom. The van der Waals surface area contributed by atoms with Gasteiger partial charge >= 0.3 is 0 Å². The van der Waals surface area contributed by atoms with Gasteiger partial charge in [-0.2, -0.15) is 5.26 Å².